The van der Waals surface area contributed by atoms with Crippen molar-refractivity contribution in [2.75, 3.05) is 0 Å². The molecule has 53 heavy (non-hydrogen) atoms. The van der Waals surface area contributed by atoms with Gasteiger partial charge in [-0.1, -0.05) is 109 Å². The minimum absolute atomic E-state index is 0.0341. The molecule has 0 saturated heterocycles. The van der Waals surface area contributed by atoms with Crippen molar-refractivity contribution in [2.24, 2.45) is 0 Å². The molecular weight excluding hydrogens is 665 g/mol. The maximum Gasteiger partial charge on any atom is 0.263 e. The summed E-state index contributed by atoms with van der Waals surface area (Å²) in [6.07, 6.45) is 0. The van der Waals surface area contributed by atoms with Crippen molar-refractivity contribution in [3.05, 3.63) is 180 Å². The second-order valence-corrected chi connectivity index (χ2v) is 15.1. The molecule has 0 saturated carbocycles. The molecule has 246 valence electrons. The predicted octanol–water partition coefficient (Wildman–Crippen LogP) is 13.0. The summed E-state index contributed by atoms with van der Waals surface area (Å²) in [7, 11) is 0. The molecule has 0 spiro atoms. The topological polar surface area (TPSA) is 26.4 Å². The number of pyridine rings is 1. The minimum Gasteiger partial charge on any atom is -0.309 e. The molecule has 0 unspecified atom stereocenters. The summed E-state index contributed by atoms with van der Waals surface area (Å²) in [5, 5.41) is 10.1. The van der Waals surface area contributed by atoms with E-state index in [2.05, 4.69) is 150 Å². The number of aromatic nitrogens is 2. The summed E-state index contributed by atoms with van der Waals surface area (Å²) in [4.78, 5) is 13.8. The lowest BCUT2D eigenvalue weighted by Crippen LogP contribution is -2.12. The molecule has 0 aliphatic rings. The van der Waals surface area contributed by atoms with E-state index in [1.165, 1.54) is 53.1 Å². The van der Waals surface area contributed by atoms with Crippen molar-refractivity contribution < 1.29 is 0 Å². The fourth-order valence-electron chi connectivity index (χ4n) is 8.90. The fraction of sp³-hybridized carbons (Fsp3) is 0. The van der Waals surface area contributed by atoms with E-state index in [-0.39, 0.29) is 5.56 Å². The lowest BCUT2D eigenvalue weighted by atomic mass is 9.97. The van der Waals surface area contributed by atoms with Gasteiger partial charge in [0.15, 0.2) is 0 Å². The van der Waals surface area contributed by atoms with E-state index < -0.39 is 0 Å². The third-order valence-electron chi connectivity index (χ3n) is 11.3. The van der Waals surface area contributed by atoms with Crippen LogP contribution in [0.2, 0.25) is 0 Å². The summed E-state index contributed by atoms with van der Waals surface area (Å²) < 4.78 is 6.95. The Morgan fingerprint density at radius 1 is 0.396 bits per heavy atom. The van der Waals surface area contributed by atoms with Gasteiger partial charge in [-0.15, -0.1) is 11.3 Å². The smallest absolute Gasteiger partial charge is 0.263 e. The van der Waals surface area contributed by atoms with Crippen LogP contribution in [0.1, 0.15) is 0 Å². The Morgan fingerprint density at radius 3 is 1.79 bits per heavy atom. The van der Waals surface area contributed by atoms with Gasteiger partial charge in [0.25, 0.3) is 5.56 Å². The molecule has 0 fully saturated rings. The van der Waals surface area contributed by atoms with Gasteiger partial charge in [0.05, 0.1) is 22.1 Å². The lowest BCUT2D eigenvalue weighted by Gasteiger charge is -2.12. The van der Waals surface area contributed by atoms with E-state index in [9.17, 15) is 4.79 Å². The number of benzene rings is 8. The lowest BCUT2D eigenvalue weighted by molar-refractivity contribution is 1.18. The van der Waals surface area contributed by atoms with Crippen LogP contribution in [0.15, 0.2) is 175 Å². The molecule has 0 radical (unpaired) electrons. The molecule has 0 aliphatic heterocycles. The zero-order valence-corrected chi connectivity index (χ0v) is 29.2. The average Bonchev–Trinajstić information content (AvgIpc) is 3.88. The van der Waals surface area contributed by atoms with Crippen molar-refractivity contribution in [3.8, 4) is 27.9 Å². The van der Waals surface area contributed by atoms with Gasteiger partial charge in [-0.2, -0.15) is 0 Å². The summed E-state index contributed by atoms with van der Waals surface area (Å²) in [5.74, 6) is 0. The highest BCUT2D eigenvalue weighted by Gasteiger charge is 2.19. The van der Waals surface area contributed by atoms with Gasteiger partial charge in [-0.25, -0.2) is 0 Å². The van der Waals surface area contributed by atoms with E-state index in [0.29, 0.717) is 0 Å². The molecule has 12 rings (SSSR count). The van der Waals surface area contributed by atoms with Crippen LogP contribution >= 0.6 is 11.3 Å². The van der Waals surface area contributed by atoms with Crippen LogP contribution in [0.4, 0.5) is 0 Å². The number of hydrogen-bond donors (Lipinski definition) is 0. The molecule has 0 aliphatic carbocycles. The first-order valence-corrected chi connectivity index (χ1v) is 18.8. The first kappa shape index (κ1) is 28.9. The van der Waals surface area contributed by atoms with Crippen molar-refractivity contribution in [2.45, 2.75) is 0 Å². The summed E-state index contributed by atoms with van der Waals surface area (Å²) >= 11 is 1.88. The van der Waals surface area contributed by atoms with Crippen LogP contribution in [0, 0.1) is 0 Å². The van der Waals surface area contributed by atoms with Crippen LogP contribution < -0.4 is 5.56 Å². The summed E-state index contributed by atoms with van der Waals surface area (Å²) in [6, 6.07) is 60.8. The molecule has 3 nitrogen and oxygen atoms in total. The molecule has 12 aromatic rings. The largest absolute Gasteiger partial charge is 0.309 e. The first-order chi connectivity index (χ1) is 26.2. The standard InChI is InChI=1S/C49H28N2OS/c52-49-39-14-2-1-10-34(39)41-27-31(28-42-36-12-4-7-18-44(36)51(49)47(41)42)29-20-23-32(24-21-29)50-43-17-6-3-11-35(43)40-26-30(22-25-45(40)50)33-15-9-16-38-37-13-5-8-19-46(37)53-48(33)38/h1-28H. The SMILES string of the molecule is O=c1c2ccccc2c2cc(-c3ccc(-n4c5ccccc5c5cc(-c6cccc7c6sc6ccccc67)ccc54)cc3)cc3c4ccccc4n1c23. The fourth-order valence-corrected chi connectivity index (χ4v) is 10.1. The van der Waals surface area contributed by atoms with E-state index in [1.54, 1.807) is 0 Å². The number of nitrogens with zero attached hydrogens (tertiary/aromatic N) is 2. The van der Waals surface area contributed by atoms with Crippen LogP contribution in [0.3, 0.4) is 0 Å². The first-order valence-electron chi connectivity index (χ1n) is 18.0. The summed E-state index contributed by atoms with van der Waals surface area (Å²) in [6.45, 7) is 0. The van der Waals surface area contributed by atoms with Gasteiger partial charge in [0, 0.05) is 58.2 Å². The highest BCUT2D eigenvalue weighted by atomic mass is 32.1. The van der Waals surface area contributed by atoms with Crippen LogP contribution in [-0.4, -0.2) is 8.97 Å². The number of thiophene rings is 1. The number of hydrogen-bond acceptors (Lipinski definition) is 2. The van der Waals surface area contributed by atoms with E-state index in [4.69, 9.17) is 0 Å². The van der Waals surface area contributed by atoms with E-state index >= 15 is 0 Å². The van der Waals surface area contributed by atoms with Crippen LogP contribution in [0.25, 0.3) is 108 Å². The molecule has 4 aromatic heterocycles. The van der Waals surface area contributed by atoms with Gasteiger partial charge in [-0.3, -0.25) is 9.20 Å². The third-order valence-corrected chi connectivity index (χ3v) is 12.5. The van der Waals surface area contributed by atoms with E-state index in [1.807, 2.05) is 40.0 Å². The molecule has 0 amide bonds. The zero-order valence-electron chi connectivity index (χ0n) is 28.4. The zero-order chi connectivity index (χ0) is 34.8. The Bertz CT molecular complexity index is 3530. The van der Waals surface area contributed by atoms with Crippen LogP contribution in [0.5, 0.6) is 0 Å². The molecule has 4 heterocycles. The Morgan fingerprint density at radius 2 is 0.981 bits per heavy atom. The third kappa shape index (κ3) is 3.96. The number of rotatable bonds is 3. The van der Waals surface area contributed by atoms with Crippen molar-refractivity contribution in [1.82, 2.24) is 8.97 Å². The number of para-hydroxylation sites is 2. The Labute approximate surface area is 307 Å². The quantitative estimate of drug-likeness (QED) is 0.169. The second kappa shape index (κ2) is 10.6. The van der Waals surface area contributed by atoms with Crippen molar-refractivity contribution in [3.63, 3.8) is 0 Å². The molecule has 4 heteroatoms. The second-order valence-electron chi connectivity index (χ2n) is 14.0. The Kier molecular flexibility index (Phi) is 5.80. The van der Waals surface area contributed by atoms with Gasteiger partial charge in [0.1, 0.15) is 0 Å². The highest BCUT2D eigenvalue weighted by molar-refractivity contribution is 7.26. The minimum atomic E-state index is 0.0341. The van der Waals surface area contributed by atoms with Crippen LogP contribution in [-0.2, 0) is 0 Å². The molecule has 0 N–H and O–H groups in total. The normalized spacial score (nSPS) is 12.2. The average molecular weight is 693 g/mol. The molecule has 8 aromatic carbocycles. The number of fused-ring (bicyclic) bond motifs is 11. The molecular formula is C49H28N2OS. The Hall–Kier alpha value is -6.75. The van der Waals surface area contributed by atoms with Gasteiger partial charge >= 0.3 is 0 Å². The van der Waals surface area contributed by atoms with Gasteiger partial charge in [-0.05, 0) is 88.3 Å². The molecule has 0 atom stereocenters. The Balaban J connectivity index is 1.03. The van der Waals surface area contributed by atoms with Gasteiger partial charge < -0.3 is 4.57 Å². The van der Waals surface area contributed by atoms with E-state index in [0.717, 1.165) is 54.8 Å². The van der Waals surface area contributed by atoms with Gasteiger partial charge in [0.2, 0.25) is 0 Å². The monoisotopic (exact) mass is 692 g/mol. The van der Waals surface area contributed by atoms with Crippen molar-refractivity contribution in [1.29, 1.82) is 0 Å². The maximum atomic E-state index is 13.8. The maximum absolute atomic E-state index is 13.8. The van der Waals surface area contributed by atoms with Crippen molar-refractivity contribution >= 4 is 91.3 Å². The molecule has 0 bridgehead atoms. The highest BCUT2D eigenvalue weighted by Crippen LogP contribution is 2.43. The predicted molar refractivity (Wildman–Crippen MR) is 225 cm³/mol. The summed E-state index contributed by atoms with van der Waals surface area (Å²) in [5.41, 5.74) is 10.2.